The summed E-state index contributed by atoms with van der Waals surface area (Å²) in [5, 5.41) is 41.8. The second-order valence-corrected chi connectivity index (χ2v) is 9.69. The summed E-state index contributed by atoms with van der Waals surface area (Å²) in [4.78, 5) is 13.8. The predicted molar refractivity (Wildman–Crippen MR) is 146 cm³/mol. The Labute approximate surface area is 234 Å². The molecule has 11 heteroatoms. The van der Waals surface area contributed by atoms with Crippen LogP contribution < -0.4 is 14.2 Å². The molecule has 0 saturated carbocycles. The Morgan fingerprint density at radius 3 is 2.45 bits per heavy atom. The third-order valence-corrected chi connectivity index (χ3v) is 7.13. The van der Waals surface area contributed by atoms with E-state index >= 15 is 0 Å². The molecule has 5 rings (SSSR count). The number of rotatable bonds is 8. The van der Waals surface area contributed by atoms with Crippen molar-refractivity contribution in [2.45, 2.75) is 30.7 Å². The van der Waals surface area contributed by atoms with Gasteiger partial charge in [0.2, 0.25) is 0 Å². The van der Waals surface area contributed by atoms with E-state index in [2.05, 4.69) is 0 Å². The molecule has 1 aromatic heterocycles. The van der Waals surface area contributed by atoms with Gasteiger partial charge in [-0.15, -0.1) is 0 Å². The van der Waals surface area contributed by atoms with Crippen molar-refractivity contribution < 1.29 is 44.2 Å². The van der Waals surface area contributed by atoms with Crippen LogP contribution in [0.5, 0.6) is 17.2 Å². The van der Waals surface area contributed by atoms with Gasteiger partial charge in [0, 0.05) is 22.0 Å². The van der Waals surface area contributed by atoms with E-state index in [-0.39, 0.29) is 11.5 Å². The number of para-hydroxylation sites is 1. The minimum atomic E-state index is -1.63. The van der Waals surface area contributed by atoms with Crippen LogP contribution in [0.25, 0.3) is 16.6 Å². The molecule has 3 aromatic carbocycles. The highest BCUT2D eigenvalue weighted by Crippen LogP contribution is 2.37. The van der Waals surface area contributed by atoms with Crippen LogP contribution >= 0.6 is 11.6 Å². The number of aromatic nitrogens is 1. The van der Waals surface area contributed by atoms with Gasteiger partial charge in [-0.2, -0.15) is 0 Å². The maximum atomic E-state index is 13.8. The number of fused-ring (bicyclic) bond motifs is 1. The van der Waals surface area contributed by atoms with Crippen LogP contribution in [-0.4, -0.2) is 82.3 Å². The van der Waals surface area contributed by atoms with Gasteiger partial charge >= 0.3 is 0 Å². The second kappa shape index (κ2) is 11.5. The Hall–Kier alpha value is -3.64. The molecule has 0 amide bonds. The third kappa shape index (κ3) is 5.01. The number of aliphatic hydroxyl groups excluding tert-OH is 4. The molecule has 1 aliphatic rings. The molecule has 0 unspecified atom stereocenters. The van der Waals surface area contributed by atoms with E-state index in [1.54, 1.807) is 71.4 Å². The van der Waals surface area contributed by atoms with Gasteiger partial charge in [-0.1, -0.05) is 23.7 Å². The molecule has 0 bridgehead atoms. The van der Waals surface area contributed by atoms with Crippen LogP contribution in [0, 0.1) is 0 Å². The highest BCUT2D eigenvalue weighted by Gasteiger charge is 2.45. The lowest BCUT2D eigenvalue weighted by Gasteiger charge is -2.39. The number of nitrogens with zero attached hydrogens (tertiary/aromatic N) is 1. The summed E-state index contributed by atoms with van der Waals surface area (Å²) in [5.41, 5.74) is 1.78. The Balaban J connectivity index is 1.59. The standard InChI is InChI=1S/C29H28ClNO9/c1-37-16-8-10-19(22(12-16)38-2)25(33)18-5-3-4-6-20(18)31-13-23(17-9-7-15(30)11-21(17)31)39-28-27(35)26(34)24(14-32)40-29(28)36/h3-13,24,26-29,32,34-36H,14H2,1-2H3/t24-,26+,27+,28-,29-/m1/s1. The lowest BCUT2D eigenvalue weighted by molar-refractivity contribution is -0.280. The van der Waals surface area contributed by atoms with E-state index in [4.69, 9.17) is 30.5 Å². The van der Waals surface area contributed by atoms with Crippen LogP contribution in [-0.2, 0) is 4.74 Å². The zero-order chi connectivity index (χ0) is 28.6. The van der Waals surface area contributed by atoms with Gasteiger partial charge in [0.15, 0.2) is 18.2 Å². The quantitative estimate of drug-likeness (QED) is 0.236. The predicted octanol–water partition coefficient (Wildman–Crippen LogP) is 2.71. The number of benzene rings is 3. The number of carbonyl (C=O) groups excluding carboxylic acids is 1. The molecule has 0 radical (unpaired) electrons. The van der Waals surface area contributed by atoms with Gasteiger partial charge in [0.25, 0.3) is 0 Å². The minimum Gasteiger partial charge on any atom is -0.497 e. The molecule has 2 heterocycles. The molecule has 1 saturated heterocycles. The Bertz CT molecular complexity index is 1540. The molecule has 40 heavy (non-hydrogen) atoms. The van der Waals surface area contributed by atoms with Crippen molar-refractivity contribution in [2.75, 3.05) is 20.8 Å². The van der Waals surface area contributed by atoms with Crippen LogP contribution in [0.1, 0.15) is 15.9 Å². The number of hydrogen-bond donors (Lipinski definition) is 4. The highest BCUT2D eigenvalue weighted by molar-refractivity contribution is 6.31. The molecule has 10 nitrogen and oxygen atoms in total. The molecule has 0 spiro atoms. The summed E-state index contributed by atoms with van der Waals surface area (Å²) >= 11 is 6.34. The first kappa shape index (κ1) is 27.9. The van der Waals surface area contributed by atoms with E-state index < -0.39 is 37.3 Å². The molecule has 4 N–H and O–H groups in total. The second-order valence-electron chi connectivity index (χ2n) is 9.25. The number of carbonyl (C=O) groups is 1. The maximum Gasteiger partial charge on any atom is 0.198 e. The Morgan fingerprint density at radius 1 is 0.950 bits per heavy atom. The molecule has 5 atom stereocenters. The number of ether oxygens (including phenoxy) is 4. The van der Waals surface area contributed by atoms with E-state index in [9.17, 15) is 25.2 Å². The first-order chi connectivity index (χ1) is 19.3. The zero-order valence-corrected chi connectivity index (χ0v) is 22.4. The van der Waals surface area contributed by atoms with Gasteiger partial charge < -0.3 is 43.9 Å². The van der Waals surface area contributed by atoms with Crippen LogP contribution in [0.3, 0.4) is 0 Å². The van der Waals surface area contributed by atoms with E-state index in [1.165, 1.54) is 14.2 Å². The molecule has 1 aliphatic heterocycles. The third-order valence-electron chi connectivity index (χ3n) is 6.90. The minimum absolute atomic E-state index is 0.234. The fraction of sp³-hybridized carbons (Fsp3) is 0.276. The van der Waals surface area contributed by atoms with Gasteiger partial charge in [-0.25, -0.2) is 0 Å². The van der Waals surface area contributed by atoms with Crippen LogP contribution in [0.2, 0.25) is 5.02 Å². The number of halogens is 1. The lowest BCUT2D eigenvalue weighted by Crippen LogP contribution is -2.60. The average molecular weight is 570 g/mol. The summed E-state index contributed by atoms with van der Waals surface area (Å²) < 4.78 is 23.7. The van der Waals surface area contributed by atoms with Crippen molar-refractivity contribution in [2.24, 2.45) is 0 Å². The topological polar surface area (TPSA) is 140 Å². The summed E-state index contributed by atoms with van der Waals surface area (Å²) in [6.07, 6.45) is -5.60. The fourth-order valence-corrected chi connectivity index (χ4v) is 4.98. The number of methoxy groups -OCH3 is 2. The van der Waals surface area contributed by atoms with Crippen molar-refractivity contribution in [3.8, 4) is 22.9 Å². The van der Waals surface area contributed by atoms with Crippen molar-refractivity contribution in [1.82, 2.24) is 4.57 Å². The molecular formula is C29H28ClNO9. The first-order valence-corrected chi connectivity index (χ1v) is 12.8. The first-order valence-electron chi connectivity index (χ1n) is 12.4. The SMILES string of the molecule is COc1ccc(C(=O)c2ccccc2-n2cc(O[C@@H]3[C@@H](O)[C@@H](O)[C@@H](CO)O[C@H]3O)c3ccc(Cl)cc32)c(OC)c1. The Morgan fingerprint density at radius 2 is 1.73 bits per heavy atom. The lowest BCUT2D eigenvalue weighted by atomic mass is 9.99. The normalized spacial score (nSPS) is 22.7. The largest absolute Gasteiger partial charge is 0.497 e. The van der Waals surface area contributed by atoms with Gasteiger partial charge in [0.1, 0.15) is 35.6 Å². The average Bonchev–Trinajstić information content (AvgIpc) is 3.33. The Kier molecular flexibility index (Phi) is 7.99. The highest BCUT2D eigenvalue weighted by atomic mass is 35.5. The molecule has 4 aromatic rings. The smallest absolute Gasteiger partial charge is 0.198 e. The van der Waals surface area contributed by atoms with E-state index in [1.807, 2.05) is 0 Å². The van der Waals surface area contributed by atoms with Crippen molar-refractivity contribution in [1.29, 1.82) is 0 Å². The van der Waals surface area contributed by atoms with Crippen molar-refractivity contribution in [3.05, 3.63) is 83.0 Å². The van der Waals surface area contributed by atoms with Crippen molar-refractivity contribution >= 4 is 28.3 Å². The monoisotopic (exact) mass is 569 g/mol. The zero-order valence-electron chi connectivity index (χ0n) is 21.6. The number of aliphatic hydroxyl groups is 4. The van der Waals surface area contributed by atoms with E-state index in [0.29, 0.717) is 44.2 Å². The number of hydrogen-bond acceptors (Lipinski definition) is 9. The van der Waals surface area contributed by atoms with Crippen LogP contribution in [0.15, 0.2) is 66.9 Å². The summed E-state index contributed by atoms with van der Waals surface area (Å²) in [5.74, 6) is 0.827. The molecule has 0 aliphatic carbocycles. The summed E-state index contributed by atoms with van der Waals surface area (Å²) in [6.45, 7) is -0.594. The summed E-state index contributed by atoms with van der Waals surface area (Å²) in [6, 6.07) is 17.0. The molecular weight excluding hydrogens is 542 g/mol. The van der Waals surface area contributed by atoms with E-state index in [0.717, 1.165) is 0 Å². The fourth-order valence-electron chi connectivity index (χ4n) is 4.81. The maximum absolute atomic E-state index is 13.8. The van der Waals surface area contributed by atoms with Gasteiger partial charge in [-0.05, 0) is 42.5 Å². The molecule has 210 valence electrons. The summed E-state index contributed by atoms with van der Waals surface area (Å²) in [7, 11) is 3.00. The van der Waals surface area contributed by atoms with Crippen LogP contribution in [0.4, 0.5) is 0 Å². The molecule has 1 fully saturated rings. The van der Waals surface area contributed by atoms with Gasteiger partial charge in [0.05, 0.1) is 43.8 Å². The van der Waals surface area contributed by atoms with Crippen molar-refractivity contribution in [3.63, 3.8) is 0 Å². The number of ketones is 1. The van der Waals surface area contributed by atoms with Gasteiger partial charge in [-0.3, -0.25) is 4.79 Å².